The van der Waals surface area contributed by atoms with E-state index in [1.165, 1.54) is 244 Å². The number of hydrogen-bond acceptors (Lipinski definition) is 14. The van der Waals surface area contributed by atoms with Gasteiger partial charge in [-0.1, -0.05) is 425 Å². The highest BCUT2D eigenvalue weighted by atomic mass is 31.2. The maximum atomic E-state index is 13.0. The van der Waals surface area contributed by atoms with Crippen molar-refractivity contribution in [2.75, 3.05) is 39.6 Å². The van der Waals surface area contributed by atoms with Gasteiger partial charge in [0.2, 0.25) is 0 Å². The molecule has 0 heterocycles. The zero-order valence-electron chi connectivity index (χ0n) is 74.9. The second-order valence-electron chi connectivity index (χ2n) is 32.1. The zero-order chi connectivity index (χ0) is 85.1. The Labute approximate surface area is 716 Å². The van der Waals surface area contributed by atoms with Crippen molar-refractivity contribution < 1.29 is 75.8 Å². The highest BCUT2D eigenvalue weighted by molar-refractivity contribution is 7.47. The Morgan fingerprint density at radius 2 is 0.453 bits per heavy atom. The van der Waals surface area contributed by atoms with Crippen LogP contribution in [0.25, 0.3) is 0 Å². The molecule has 0 spiro atoms. The molecule has 0 rings (SSSR count). The van der Waals surface area contributed by atoms with Gasteiger partial charge in [0.05, 0.1) is 26.4 Å². The molecule has 16 nitrogen and oxygen atoms in total. The van der Waals surface area contributed by atoms with Crippen molar-refractivity contribution >= 4 is 33.6 Å². The molecular formula is C99H176O16P2. The largest absolute Gasteiger partial charge is 0.472 e. The fraction of sp³-hybridized carbons (Fsp3) is 0.768. The summed E-state index contributed by atoms with van der Waals surface area (Å²) < 4.78 is 61.4. The fourth-order valence-corrected chi connectivity index (χ4v) is 15.1. The Balaban J connectivity index is 4.34. The molecule has 5 atom stereocenters. The molecule has 0 saturated carbocycles. The zero-order valence-corrected chi connectivity index (χ0v) is 76.6. The number of carbonyl (C=O) groups is 3. The number of aliphatic hydroxyl groups is 2. The molecule has 0 amide bonds. The molecule has 0 aliphatic rings. The van der Waals surface area contributed by atoms with E-state index in [1.807, 2.05) is 0 Å². The van der Waals surface area contributed by atoms with Crippen LogP contribution in [0, 0.1) is 0 Å². The number of unbranched alkanes of at least 4 members (excludes halogenated alkanes) is 48. The van der Waals surface area contributed by atoms with Crippen molar-refractivity contribution in [1.29, 1.82) is 0 Å². The first-order valence-corrected chi connectivity index (χ1v) is 50.8. The first-order valence-electron chi connectivity index (χ1n) is 47.8. The second-order valence-corrected chi connectivity index (χ2v) is 35.0. The summed E-state index contributed by atoms with van der Waals surface area (Å²) in [6.07, 6.45) is 113. The van der Waals surface area contributed by atoms with Crippen LogP contribution in [-0.2, 0) is 55.8 Å². The van der Waals surface area contributed by atoms with Gasteiger partial charge in [0.25, 0.3) is 0 Å². The van der Waals surface area contributed by atoms with Crippen LogP contribution < -0.4 is 0 Å². The Hall–Kier alpha value is -4.05. The van der Waals surface area contributed by atoms with Gasteiger partial charge >= 0.3 is 33.6 Å². The Bertz CT molecular complexity index is 2610. The number of phosphoric ester groups is 2. The molecule has 0 saturated heterocycles. The molecule has 0 fully saturated rings. The second kappa shape index (κ2) is 91.2. The average molecular weight is 1680 g/mol. The summed E-state index contributed by atoms with van der Waals surface area (Å²) in [6, 6.07) is 0. The summed E-state index contributed by atoms with van der Waals surface area (Å²) in [4.78, 5) is 58.9. The lowest BCUT2D eigenvalue weighted by atomic mass is 10.0. The highest BCUT2D eigenvalue weighted by Gasteiger charge is 2.30. The summed E-state index contributed by atoms with van der Waals surface area (Å²) in [6.45, 7) is 2.54. The molecule has 18 heteroatoms. The minimum atomic E-state index is -4.93. The minimum Gasteiger partial charge on any atom is -0.463 e. The Morgan fingerprint density at radius 3 is 0.718 bits per heavy atom. The van der Waals surface area contributed by atoms with Crippen LogP contribution in [0.5, 0.6) is 0 Å². The smallest absolute Gasteiger partial charge is 0.463 e. The van der Waals surface area contributed by atoms with Crippen LogP contribution in [-0.4, -0.2) is 95.9 Å². The Kier molecular flexibility index (Phi) is 88.0. The third-order valence-electron chi connectivity index (χ3n) is 20.7. The molecule has 0 aliphatic carbocycles. The molecule has 117 heavy (non-hydrogen) atoms. The number of ether oxygens (including phenoxy) is 3. The molecule has 0 aromatic heterocycles. The molecule has 0 aromatic carbocycles. The molecule has 678 valence electrons. The van der Waals surface area contributed by atoms with Gasteiger partial charge in [-0.15, -0.1) is 0 Å². The molecule has 0 radical (unpaired) electrons. The minimum absolute atomic E-state index is 0.110. The van der Waals surface area contributed by atoms with E-state index in [4.69, 9.17) is 32.3 Å². The van der Waals surface area contributed by atoms with Gasteiger partial charge in [-0.3, -0.25) is 32.5 Å². The molecule has 0 bridgehead atoms. The van der Waals surface area contributed by atoms with Gasteiger partial charge < -0.3 is 34.2 Å². The third kappa shape index (κ3) is 92.5. The van der Waals surface area contributed by atoms with E-state index in [0.29, 0.717) is 19.3 Å². The van der Waals surface area contributed by atoms with Crippen molar-refractivity contribution in [3.8, 4) is 0 Å². The number of esters is 3. The summed E-state index contributed by atoms with van der Waals surface area (Å²) in [7, 11) is -9.79. The normalized spacial score (nSPS) is 14.3. The van der Waals surface area contributed by atoms with E-state index in [2.05, 4.69) is 142 Å². The highest BCUT2D eigenvalue weighted by Crippen LogP contribution is 2.45. The van der Waals surface area contributed by atoms with Crippen molar-refractivity contribution in [1.82, 2.24) is 0 Å². The van der Waals surface area contributed by atoms with E-state index in [-0.39, 0.29) is 19.3 Å². The predicted molar refractivity (Wildman–Crippen MR) is 491 cm³/mol. The van der Waals surface area contributed by atoms with E-state index in [1.54, 1.807) is 0 Å². The first-order chi connectivity index (χ1) is 57.2. The lowest BCUT2D eigenvalue weighted by molar-refractivity contribution is -0.161. The van der Waals surface area contributed by atoms with Crippen molar-refractivity contribution in [3.05, 3.63) is 122 Å². The van der Waals surface area contributed by atoms with Crippen LogP contribution in [0.15, 0.2) is 122 Å². The molecule has 0 aliphatic heterocycles. The number of phosphoric acid groups is 2. The molecule has 4 N–H and O–H groups in total. The van der Waals surface area contributed by atoms with E-state index in [9.17, 15) is 43.5 Å². The van der Waals surface area contributed by atoms with Crippen LogP contribution in [0.2, 0.25) is 0 Å². The van der Waals surface area contributed by atoms with Crippen LogP contribution in [0.3, 0.4) is 0 Å². The van der Waals surface area contributed by atoms with Crippen LogP contribution in [0.4, 0.5) is 0 Å². The predicted octanol–water partition coefficient (Wildman–Crippen LogP) is 29.6. The van der Waals surface area contributed by atoms with Gasteiger partial charge in [0.1, 0.15) is 25.4 Å². The molecule has 5 unspecified atom stereocenters. The van der Waals surface area contributed by atoms with Gasteiger partial charge in [0, 0.05) is 19.3 Å². The maximum absolute atomic E-state index is 13.0. The number of allylic oxidation sites excluding steroid dienone is 20. The number of carbonyl (C=O) groups excluding carboxylic acids is 3. The van der Waals surface area contributed by atoms with Crippen molar-refractivity contribution in [3.63, 3.8) is 0 Å². The summed E-state index contributed by atoms with van der Waals surface area (Å²) in [5.74, 6) is -1.55. The Morgan fingerprint density at radius 1 is 0.248 bits per heavy atom. The van der Waals surface area contributed by atoms with Gasteiger partial charge in [-0.05, 0) is 109 Å². The average Bonchev–Trinajstić information content (AvgIpc) is 0.900. The van der Waals surface area contributed by atoms with Gasteiger partial charge in [-0.2, -0.15) is 0 Å². The lowest BCUT2D eigenvalue weighted by Gasteiger charge is -2.21. The summed E-state index contributed by atoms with van der Waals surface area (Å²) in [5, 5.41) is 20.7. The molecular weight excluding hydrogens is 1510 g/mol. The van der Waals surface area contributed by atoms with Crippen LogP contribution >= 0.6 is 15.6 Å². The van der Waals surface area contributed by atoms with Crippen molar-refractivity contribution in [2.24, 2.45) is 0 Å². The topological polar surface area (TPSA) is 231 Å². The van der Waals surface area contributed by atoms with Gasteiger partial charge in [-0.25, -0.2) is 9.13 Å². The van der Waals surface area contributed by atoms with E-state index in [0.717, 1.165) is 128 Å². The number of aliphatic hydroxyl groups excluding tert-OH is 2. The summed E-state index contributed by atoms with van der Waals surface area (Å²) in [5.41, 5.74) is 0. The SMILES string of the molecule is CC/C=C\C/C=C\C/C=C\C/C=C\C/C=C\CCCCCCCCCCCCCCCCCCCCCC(=O)OCC(O)COP(=O)(O)OCC(O)COP(=O)(O)OCC(COC(=O)CCCCCCCCCCCCCCCCCCC/C=C\C/C=C\C/C=C\C/C=C\C/C=C\CC)OC(=O)CCCCCCCCCCCCCCC. The van der Waals surface area contributed by atoms with E-state index >= 15 is 0 Å². The monoisotopic (exact) mass is 1680 g/mol. The van der Waals surface area contributed by atoms with Gasteiger partial charge in [0.15, 0.2) is 6.10 Å². The van der Waals surface area contributed by atoms with Crippen LogP contribution in [0.1, 0.15) is 432 Å². The number of hydrogen-bond donors (Lipinski definition) is 4. The number of rotatable bonds is 91. The quantitative estimate of drug-likeness (QED) is 0.0146. The maximum Gasteiger partial charge on any atom is 0.472 e. The first kappa shape index (κ1) is 113. The lowest BCUT2D eigenvalue weighted by Crippen LogP contribution is -2.30. The fourth-order valence-electron chi connectivity index (χ4n) is 13.5. The van der Waals surface area contributed by atoms with Crippen molar-refractivity contribution in [2.45, 2.75) is 450 Å². The molecule has 0 aromatic rings. The summed E-state index contributed by atoms with van der Waals surface area (Å²) >= 11 is 0. The van der Waals surface area contributed by atoms with E-state index < -0.39 is 91.5 Å². The standard InChI is InChI=1S/C99H176O16P2/c1-4-7-10-13-16-19-22-25-27-29-31-33-35-37-39-41-43-45-46-48-50-51-53-55-57-59-61-63-65-68-70-73-76-79-82-85-97(102)109-88-94(100)89-111-116(105,106)112-90-95(101)91-113-117(107,108)114-93-96(115-99(104)87-84-81-78-75-72-67-24-21-18-15-12-9-6-3)92-110-98(103)86-83-80-77-74-71-69-66-64-62-60-58-56-54-52-49-47-44-42-40-38-36-34-32-30-28-26-23-20-17-14-11-8-5-2/h7-8,10-11,16-17,19-20,25-28,31-34,37-40,94-96,100-101H,4-6,9,12-15,18,21-24,29-30,35-36,41-93H2,1-3H3,(H,105,106)(H,107,108)/b10-7-,11-8-,19-16-,20-17-,27-25-,28-26-,33-31-,34-32-,39-37-,40-38-. The third-order valence-corrected chi connectivity index (χ3v) is 22.6.